The van der Waals surface area contributed by atoms with E-state index >= 15 is 0 Å². The van der Waals surface area contributed by atoms with Gasteiger partial charge in [0.1, 0.15) is 19.2 Å². The molecule has 0 aliphatic rings. The van der Waals surface area contributed by atoms with E-state index in [9.17, 15) is 19.2 Å². The first-order chi connectivity index (χ1) is 12.9. The molecule has 9 nitrogen and oxygen atoms in total. The number of nitrogens with one attached hydrogen (secondary N) is 2. The van der Waals surface area contributed by atoms with Crippen LogP contribution in [0.3, 0.4) is 0 Å². The van der Waals surface area contributed by atoms with Crippen LogP contribution in [0.25, 0.3) is 0 Å². The van der Waals surface area contributed by atoms with E-state index in [0.29, 0.717) is 0 Å². The van der Waals surface area contributed by atoms with E-state index in [1.165, 1.54) is 14.2 Å². The maximum atomic E-state index is 12.0. The molecule has 27 heavy (non-hydrogen) atoms. The van der Waals surface area contributed by atoms with Crippen molar-refractivity contribution in [2.24, 2.45) is 5.92 Å². The van der Waals surface area contributed by atoms with Crippen molar-refractivity contribution in [1.29, 1.82) is 0 Å². The first-order valence-corrected chi connectivity index (χ1v) is 8.27. The lowest BCUT2D eigenvalue weighted by Crippen LogP contribution is -2.47. The molecule has 0 aromatic heterocycles. The first-order valence-electron chi connectivity index (χ1n) is 8.27. The fraction of sp³-hybridized carbons (Fsp3) is 0.444. The fourth-order valence-electron chi connectivity index (χ4n) is 2.18. The summed E-state index contributed by atoms with van der Waals surface area (Å²) in [6.45, 7) is 1.23. The molecular formula is C18H24N2O7. The van der Waals surface area contributed by atoms with Crippen LogP contribution >= 0.6 is 0 Å². The molecular weight excluding hydrogens is 356 g/mol. The zero-order chi connectivity index (χ0) is 20.2. The van der Waals surface area contributed by atoms with Gasteiger partial charge in [-0.3, -0.25) is 9.59 Å². The van der Waals surface area contributed by atoms with Crippen molar-refractivity contribution in [3.8, 4) is 0 Å². The average Bonchev–Trinajstić information content (AvgIpc) is 2.69. The van der Waals surface area contributed by atoms with Gasteiger partial charge in [0.25, 0.3) is 0 Å². The number of hydrogen-bond donors (Lipinski definition) is 2. The number of hydrogen-bond acceptors (Lipinski definition) is 7. The van der Waals surface area contributed by atoms with E-state index in [1.54, 1.807) is 19.1 Å². The van der Waals surface area contributed by atoms with E-state index < -0.39 is 42.4 Å². The second-order valence-electron chi connectivity index (χ2n) is 5.72. The first kappa shape index (κ1) is 21.9. The SMILES string of the molecule is COC(=O)[C@H](C)C[C@H](NC(=O)CNC(=O)OCc1ccccc1)C(=O)OC. The largest absolute Gasteiger partial charge is 0.469 e. The van der Waals surface area contributed by atoms with Crippen molar-refractivity contribution in [2.45, 2.75) is 26.0 Å². The van der Waals surface area contributed by atoms with Crippen molar-refractivity contribution in [3.05, 3.63) is 35.9 Å². The van der Waals surface area contributed by atoms with Crippen molar-refractivity contribution in [3.63, 3.8) is 0 Å². The Hall–Kier alpha value is -3.10. The maximum Gasteiger partial charge on any atom is 0.407 e. The van der Waals surface area contributed by atoms with Crippen LogP contribution in [0.1, 0.15) is 18.9 Å². The minimum Gasteiger partial charge on any atom is -0.469 e. The van der Waals surface area contributed by atoms with Crippen LogP contribution in [-0.4, -0.2) is 50.7 Å². The number of carbonyl (C=O) groups excluding carboxylic acids is 4. The molecule has 0 radical (unpaired) electrons. The summed E-state index contributed by atoms with van der Waals surface area (Å²) in [7, 11) is 2.40. The lowest BCUT2D eigenvalue weighted by Gasteiger charge is -2.19. The van der Waals surface area contributed by atoms with Gasteiger partial charge in [-0.2, -0.15) is 0 Å². The topological polar surface area (TPSA) is 120 Å². The molecule has 0 fully saturated rings. The van der Waals surface area contributed by atoms with Gasteiger partial charge in [0.05, 0.1) is 20.1 Å². The second kappa shape index (κ2) is 11.5. The number of ether oxygens (including phenoxy) is 3. The minimum atomic E-state index is -1.04. The summed E-state index contributed by atoms with van der Waals surface area (Å²) in [4.78, 5) is 46.9. The van der Waals surface area contributed by atoms with E-state index in [-0.39, 0.29) is 13.0 Å². The summed E-state index contributed by atoms with van der Waals surface area (Å²) in [6, 6.07) is 8.01. The number of amides is 2. The van der Waals surface area contributed by atoms with Crippen LogP contribution in [0.5, 0.6) is 0 Å². The van der Waals surface area contributed by atoms with Crippen LogP contribution in [0.15, 0.2) is 30.3 Å². The normalized spacial score (nSPS) is 12.3. The van der Waals surface area contributed by atoms with Gasteiger partial charge in [0, 0.05) is 0 Å². The van der Waals surface area contributed by atoms with Crippen molar-refractivity contribution < 1.29 is 33.4 Å². The summed E-state index contributed by atoms with van der Waals surface area (Å²) in [5.74, 6) is -2.46. The number of benzene rings is 1. The molecule has 0 saturated heterocycles. The number of esters is 2. The van der Waals surface area contributed by atoms with Gasteiger partial charge >= 0.3 is 18.0 Å². The predicted octanol–water partition coefficient (Wildman–Crippen LogP) is 0.770. The second-order valence-corrected chi connectivity index (χ2v) is 5.72. The lowest BCUT2D eigenvalue weighted by molar-refractivity contribution is -0.148. The Morgan fingerprint density at radius 2 is 1.63 bits per heavy atom. The quantitative estimate of drug-likeness (QED) is 0.479. The molecule has 9 heteroatoms. The number of alkyl carbamates (subject to hydrolysis) is 1. The third-order valence-corrected chi connectivity index (χ3v) is 3.62. The smallest absolute Gasteiger partial charge is 0.407 e. The Balaban J connectivity index is 2.45. The molecule has 1 aromatic carbocycles. The predicted molar refractivity (Wildman–Crippen MR) is 94.4 cm³/mol. The van der Waals surface area contributed by atoms with E-state index in [4.69, 9.17) is 4.74 Å². The molecule has 0 unspecified atom stereocenters. The average molecular weight is 380 g/mol. The van der Waals surface area contributed by atoms with Crippen molar-refractivity contribution >= 4 is 23.9 Å². The Morgan fingerprint density at radius 1 is 1.00 bits per heavy atom. The zero-order valence-corrected chi connectivity index (χ0v) is 15.5. The van der Waals surface area contributed by atoms with Crippen LogP contribution < -0.4 is 10.6 Å². The van der Waals surface area contributed by atoms with Gasteiger partial charge in [0.2, 0.25) is 5.91 Å². The Kier molecular flexibility index (Phi) is 9.35. The molecule has 0 aliphatic carbocycles. The molecule has 0 heterocycles. The maximum absolute atomic E-state index is 12.0. The molecule has 2 N–H and O–H groups in total. The molecule has 0 saturated carbocycles. The van der Waals surface area contributed by atoms with Gasteiger partial charge in [-0.15, -0.1) is 0 Å². The number of methoxy groups -OCH3 is 2. The highest BCUT2D eigenvalue weighted by Gasteiger charge is 2.27. The summed E-state index contributed by atoms with van der Waals surface area (Å²) in [5.41, 5.74) is 0.805. The van der Waals surface area contributed by atoms with E-state index in [0.717, 1.165) is 5.56 Å². The van der Waals surface area contributed by atoms with Gasteiger partial charge in [-0.1, -0.05) is 37.3 Å². The standard InChI is InChI=1S/C18H24N2O7/c1-12(16(22)25-2)9-14(17(23)26-3)20-15(21)10-19-18(24)27-11-13-7-5-4-6-8-13/h4-8,12,14H,9-11H2,1-3H3,(H,19,24)(H,20,21)/t12-,14+/m1/s1. The Morgan fingerprint density at radius 3 is 2.22 bits per heavy atom. The molecule has 2 atom stereocenters. The highest BCUT2D eigenvalue weighted by atomic mass is 16.5. The Labute approximate surface area is 157 Å². The zero-order valence-electron chi connectivity index (χ0n) is 15.5. The molecule has 2 amide bonds. The van der Waals surface area contributed by atoms with Gasteiger partial charge in [0.15, 0.2) is 0 Å². The summed E-state index contributed by atoms with van der Waals surface area (Å²) in [6.07, 6.45) is -0.768. The third kappa shape index (κ3) is 8.21. The summed E-state index contributed by atoms with van der Waals surface area (Å²) in [5, 5.41) is 4.70. The highest BCUT2D eigenvalue weighted by molar-refractivity contribution is 5.87. The molecule has 0 spiro atoms. The Bertz CT molecular complexity index is 648. The van der Waals surface area contributed by atoms with Gasteiger partial charge in [-0.05, 0) is 12.0 Å². The van der Waals surface area contributed by atoms with Crippen LogP contribution in [0.4, 0.5) is 4.79 Å². The molecule has 1 aromatic rings. The molecule has 1 rings (SSSR count). The number of rotatable bonds is 9. The molecule has 148 valence electrons. The van der Waals surface area contributed by atoms with Gasteiger partial charge < -0.3 is 24.8 Å². The fourth-order valence-corrected chi connectivity index (χ4v) is 2.18. The monoisotopic (exact) mass is 380 g/mol. The summed E-state index contributed by atoms with van der Waals surface area (Å²) < 4.78 is 14.2. The van der Waals surface area contributed by atoms with Crippen LogP contribution in [-0.2, 0) is 35.2 Å². The van der Waals surface area contributed by atoms with Crippen molar-refractivity contribution in [2.75, 3.05) is 20.8 Å². The third-order valence-electron chi connectivity index (χ3n) is 3.62. The van der Waals surface area contributed by atoms with Crippen LogP contribution in [0.2, 0.25) is 0 Å². The number of carbonyl (C=O) groups is 4. The highest BCUT2D eigenvalue weighted by Crippen LogP contribution is 2.09. The van der Waals surface area contributed by atoms with Crippen molar-refractivity contribution in [1.82, 2.24) is 10.6 Å². The van der Waals surface area contributed by atoms with Crippen LogP contribution in [0, 0.1) is 5.92 Å². The lowest BCUT2D eigenvalue weighted by atomic mass is 10.0. The molecule has 0 aliphatic heterocycles. The van der Waals surface area contributed by atoms with Gasteiger partial charge in [-0.25, -0.2) is 9.59 Å². The molecule has 0 bridgehead atoms. The van der Waals surface area contributed by atoms with E-state index in [2.05, 4.69) is 20.1 Å². The minimum absolute atomic E-state index is 0.00351. The van der Waals surface area contributed by atoms with E-state index in [1.807, 2.05) is 18.2 Å². The summed E-state index contributed by atoms with van der Waals surface area (Å²) >= 11 is 0.